The van der Waals surface area contributed by atoms with Crippen LogP contribution in [0.15, 0.2) is 40.8 Å². The van der Waals surface area contributed by atoms with Gasteiger partial charge in [0.05, 0.1) is 11.2 Å². The number of benzene rings is 1. The van der Waals surface area contributed by atoms with Crippen LogP contribution in [0, 0.1) is 0 Å². The summed E-state index contributed by atoms with van der Waals surface area (Å²) in [4.78, 5) is 0. The van der Waals surface area contributed by atoms with E-state index < -0.39 is 7.12 Å². The maximum absolute atomic E-state index is 6.01. The lowest BCUT2D eigenvalue weighted by molar-refractivity contribution is 0.00578. The summed E-state index contributed by atoms with van der Waals surface area (Å²) in [5.74, 6) is 0.752. The Bertz CT molecular complexity index is 647. The first-order chi connectivity index (χ1) is 9.78. The van der Waals surface area contributed by atoms with Crippen LogP contribution in [0.25, 0.3) is 11.3 Å². The molecule has 0 bridgehead atoms. The SMILES string of the molecule is CC1(C)OB(c2ccc(-c3cccc(Cl)c3)o2)OC1(C)C. The van der Waals surface area contributed by atoms with Crippen molar-refractivity contribution in [3.63, 3.8) is 0 Å². The van der Waals surface area contributed by atoms with Crippen molar-refractivity contribution in [1.29, 1.82) is 0 Å². The van der Waals surface area contributed by atoms with Gasteiger partial charge in [-0.15, -0.1) is 0 Å². The van der Waals surface area contributed by atoms with Crippen LogP contribution in [-0.4, -0.2) is 18.3 Å². The Morgan fingerprint density at radius 1 is 0.952 bits per heavy atom. The van der Waals surface area contributed by atoms with Gasteiger partial charge in [0.1, 0.15) is 11.4 Å². The van der Waals surface area contributed by atoms with E-state index in [1.165, 1.54) is 0 Å². The predicted octanol–water partition coefficient (Wildman–Crippen LogP) is 3.90. The first-order valence-electron chi connectivity index (χ1n) is 7.00. The summed E-state index contributed by atoms with van der Waals surface area (Å²) in [5.41, 5.74) is 0.857. The van der Waals surface area contributed by atoms with E-state index in [1.54, 1.807) is 0 Å². The lowest BCUT2D eigenvalue weighted by atomic mass is 9.86. The van der Waals surface area contributed by atoms with E-state index in [0.29, 0.717) is 10.7 Å². The molecule has 0 radical (unpaired) electrons. The third-order valence-corrected chi connectivity index (χ3v) is 4.46. The van der Waals surface area contributed by atoms with Crippen molar-refractivity contribution < 1.29 is 13.7 Å². The fraction of sp³-hybridized carbons (Fsp3) is 0.375. The second-order valence-electron chi connectivity index (χ2n) is 6.30. The van der Waals surface area contributed by atoms with Crippen LogP contribution in [0.5, 0.6) is 0 Å². The molecule has 0 amide bonds. The molecule has 2 heterocycles. The highest BCUT2D eigenvalue weighted by molar-refractivity contribution is 6.60. The molecule has 21 heavy (non-hydrogen) atoms. The second-order valence-corrected chi connectivity index (χ2v) is 6.74. The number of halogens is 1. The topological polar surface area (TPSA) is 31.6 Å². The molecule has 1 fully saturated rings. The van der Waals surface area contributed by atoms with Gasteiger partial charge >= 0.3 is 7.12 Å². The molecule has 3 nitrogen and oxygen atoms in total. The summed E-state index contributed by atoms with van der Waals surface area (Å²) >= 11 is 6.01. The van der Waals surface area contributed by atoms with Gasteiger partial charge in [-0.25, -0.2) is 0 Å². The molecule has 0 spiro atoms. The highest BCUT2D eigenvalue weighted by atomic mass is 35.5. The summed E-state index contributed by atoms with van der Waals surface area (Å²) < 4.78 is 17.8. The Balaban J connectivity index is 1.87. The van der Waals surface area contributed by atoms with Crippen molar-refractivity contribution in [3.8, 4) is 11.3 Å². The molecule has 0 saturated carbocycles. The lowest BCUT2D eigenvalue weighted by Crippen LogP contribution is -2.41. The summed E-state index contributed by atoms with van der Waals surface area (Å²) in [5, 5.41) is 0.682. The van der Waals surface area contributed by atoms with Crippen LogP contribution in [0.3, 0.4) is 0 Å². The monoisotopic (exact) mass is 304 g/mol. The zero-order valence-electron chi connectivity index (χ0n) is 12.6. The molecule has 2 aromatic rings. The molecule has 0 atom stereocenters. The van der Waals surface area contributed by atoms with Crippen molar-refractivity contribution in [2.24, 2.45) is 0 Å². The second kappa shape index (κ2) is 4.91. The molecular formula is C16H18BClO3. The van der Waals surface area contributed by atoms with Crippen LogP contribution < -0.4 is 5.66 Å². The van der Waals surface area contributed by atoms with E-state index in [1.807, 2.05) is 64.1 Å². The maximum Gasteiger partial charge on any atom is 0.532 e. The molecule has 110 valence electrons. The normalized spacial score (nSPS) is 20.0. The summed E-state index contributed by atoms with van der Waals surface area (Å²) in [6, 6.07) is 11.4. The molecule has 3 rings (SSSR count). The fourth-order valence-corrected chi connectivity index (χ4v) is 2.43. The van der Waals surface area contributed by atoms with Gasteiger partial charge in [0, 0.05) is 10.6 Å². The zero-order chi connectivity index (χ0) is 15.3. The van der Waals surface area contributed by atoms with E-state index in [-0.39, 0.29) is 11.2 Å². The minimum atomic E-state index is -0.483. The number of rotatable bonds is 2. The van der Waals surface area contributed by atoms with Crippen LogP contribution >= 0.6 is 11.6 Å². The summed E-state index contributed by atoms with van der Waals surface area (Å²) in [6.45, 7) is 8.09. The van der Waals surface area contributed by atoms with Gasteiger partial charge in [-0.1, -0.05) is 23.7 Å². The fourth-order valence-electron chi connectivity index (χ4n) is 2.24. The highest BCUT2D eigenvalue weighted by Crippen LogP contribution is 2.36. The average Bonchev–Trinajstić information content (AvgIpc) is 2.93. The van der Waals surface area contributed by atoms with Crippen LogP contribution in [0.4, 0.5) is 0 Å². The largest absolute Gasteiger partial charge is 0.532 e. The van der Waals surface area contributed by atoms with Crippen molar-refractivity contribution in [2.45, 2.75) is 38.9 Å². The van der Waals surface area contributed by atoms with E-state index in [4.69, 9.17) is 25.3 Å². The maximum atomic E-state index is 6.01. The average molecular weight is 305 g/mol. The van der Waals surface area contributed by atoms with Gasteiger partial charge < -0.3 is 13.7 Å². The first-order valence-corrected chi connectivity index (χ1v) is 7.38. The molecule has 1 aromatic carbocycles. The number of hydrogen-bond acceptors (Lipinski definition) is 3. The Hall–Kier alpha value is -1.23. The molecule has 1 saturated heterocycles. The van der Waals surface area contributed by atoms with Gasteiger partial charge in [0.2, 0.25) is 0 Å². The van der Waals surface area contributed by atoms with Crippen LogP contribution in [0.1, 0.15) is 27.7 Å². The quantitative estimate of drug-likeness (QED) is 0.789. The molecule has 1 aliphatic heterocycles. The minimum absolute atomic E-state index is 0.374. The molecule has 0 N–H and O–H groups in total. The Labute approximate surface area is 130 Å². The van der Waals surface area contributed by atoms with Crippen LogP contribution in [0.2, 0.25) is 5.02 Å². The van der Waals surface area contributed by atoms with Crippen molar-refractivity contribution >= 4 is 24.4 Å². The third-order valence-electron chi connectivity index (χ3n) is 4.22. The van der Waals surface area contributed by atoms with Crippen molar-refractivity contribution in [2.75, 3.05) is 0 Å². The third kappa shape index (κ3) is 2.64. The Morgan fingerprint density at radius 3 is 2.24 bits per heavy atom. The van der Waals surface area contributed by atoms with E-state index in [9.17, 15) is 0 Å². The molecule has 0 unspecified atom stereocenters. The lowest BCUT2D eigenvalue weighted by Gasteiger charge is -2.32. The number of hydrogen-bond donors (Lipinski definition) is 0. The first kappa shape index (κ1) is 14.7. The van der Waals surface area contributed by atoms with Gasteiger partial charge in [0.15, 0.2) is 0 Å². The highest BCUT2D eigenvalue weighted by Gasteiger charge is 2.53. The van der Waals surface area contributed by atoms with Gasteiger partial charge in [-0.3, -0.25) is 0 Å². The molecule has 5 heteroatoms. The van der Waals surface area contributed by atoms with Crippen molar-refractivity contribution in [1.82, 2.24) is 0 Å². The minimum Gasteiger partial charge on any atom is -0.465 e. The van der Waals surface area contributed by atoms with E-state index in [0.717, 1.165) is 11.3 Å². The molecule has 1 aromatic heterocycles. The van der Waals surface area contributed by atoms with Gasteiger partial charge in [-0.05, 0) is 52.0 Å². The molecule has 0 aliphatic carbocycles. The Kier molecular flexibility index (Phi) is 3.43. The predicted molar refractivity (Wildman–Crippen MR) is 84.9 cm³/mol. The van der Waals surface area contributed by atoms with E-state index >= 15 is 0 Å². The summed E-state index contributed by atoms with van der Waals surface area (Å²) in [7, 11) is -0.483. The number of furan rings is 1. The smallest absolute Gasteiger partial charge is 0.465 e. The summed E-state index contributed by atoms with van der Waals surface area (Å²) in [6.07, 6.45) is 0. The molecular weight excluding hydrogens is 286 g/mol. The van der Waals surface area contributed by atoms with Gasteiger partial charge in [0.25, 0.3) is 0 Å². The standard InChI is InChI=1S/C16H18BClO3/c1-15(2)16(3,4)21-17(20-15)14-9-8-13(19-14)11-6-5-7-12(18)10-11/h5-10H,1-4H3. The van der Waals surface area contributed by atoms with Crippen molar-refractivity contribution in [3.05, 3.63) is 41.4 Å². The van der Waals surface area contributed by atoms with Gasteiger partial charge in [-0.2, -0.15) is 0 Å². The van der Waals surface area contributed by atoms with Crippen LogP contribution in [-0.2, 0) is 9.31 Å². The molecule has 1 aliphatic rings. The van der Waals surface area contributed by atoms with E-state index in [2.05, 4.69) is 0 Å². The zero-order valence-corrected chi connectivity index (χ0v) is 13.4. The Morgan fingerprint density at radius 2 is 1.62 bits per heavy atom.